The third-order valence-electron chi connectivity index (χ3n) is 7.64. The van der Waals surface area contributed by atoms with Crippen molar-refractivity contribution in [1.29, 1.82) is 0 Å². The molecule has 0 unspecified atom stereocenters. The van der Waals surface area contributed by atoms with E-state index in [1.807, 2.05) is 11.0 Å². The molecule has 0 N–H and O–H groups in total. The largest absolute Gasteiger partial charge is 0.485 e. The standard InChI is InChI=1S/C30H41N3O3/c1-29(2,3)24-12-10-23(11-13-24)22-33-21-18-30(36-26-9-7-6-8-25(26)33)16-19-32(20-17-30)28(35)15-14-27(34)31(4)5/h6-13H,14-22H2,1-5H3. The number of rotatable bonds is 5. The van der Waals surface area contributed by atoms with Crippen LogP contribution in [0.15, 0.2) is 48.5 Å². The summed E-state index contributed by atoms with van der Waals surface area (Å²) in [4.78, 5) is 30.5. The quantitative estimate of drug-likeness (QED) is 0.591. The van der Waals surface area contributed by atoms with E-state index in [4.69, 9.17) is 4.74 Å². The van der Waals surface area contributed by atoms with Gasteiger partial charge in [0.15, 0.2) is 0 Å². The van der Waals surface area contributed by atoms with Gasteiger partial charge in [-0.3, -0.25) is 9.59 Å². The smallest absolute Gasteiger partial charge is 0.223 e. The van der Waals surface area contributed by atoms with Crippen molar-refractivity contribution in [3.05, 3.63) is 59.7 Å². The second-order valence-corrected chi connectivity index (χ2v) is 11.5. The summed E-state index contributed by atoms with van der Waals surface area (Å²) in [5.41, 5.74) is 3.65. The molecule has 0 aromatic heterocycles. The van der Waals surface area contributed by atoms with E-state index in [2.05, 4.69) is 68.1 Å². The van der Waals surface area contributed by atoms with Crippen molar-refractivity contribution in [3.8, 4) is 5.75 Å². The van der Waals surface area contributed by atoms with Crippen molar-refractivity contribution >= 4 is 17.5 Å². The Labute approximate surface area is 216 Å². The number of hydrogen-bond acceptors (Lipinski definition) is 4. The molecule has 2 heterocycles. The van der Waals surface area contributed by atoms with Gasteiger partial charge >= 0.3 is 0 Å². The maximum atomic E-state index is 12.7. The fraction of sp³-hybridized carbons (Fsp3) is 0.533. The van der Waals surface area contributed by atoms with E-state index in [-0.39, 0.29) is 35.7 Å². The van der Waals surface area contributed by atoms with Crippen molar-refractivity contribution in [2.24, 2.45) is 0 Å². The fourth-order valence-corrected chi connectivity index (χ4v) is 5.15. The van der Waals surface area contributed by atoms with Gasteiger partial charge in [-0.15, -0.1) is 0 Å². The zero-order valence-electron chi connectivity index (χ0n) is 22.5. The number of hydrogen-bond donors (Lipinski definition) is 0. The number of carbonyl (C=O) groups is 2. The lowest BCUT2D eigenvalue weighted by Crippen LogP contribution is -2.50. The second kappa shape index (κ2) is 10.5. The number of anilines is 1. The van der Waals surface area contributed by atoms with E-state index < -0.39 is 0 Å². The van der Waals surface area contributed by atoms with Crippen LogP contribution in [0.2, 0.25) is 0 Å². The molecule has 194 valence electrons. The molecule has 0 saturated carbocycles. The first-order chi connectivity index (χ1) is 17.1. The number of carbonyl (C=O) groups excluding carboxylic acids is 2. The molecule has 6 nitrogen and oxygen atoms in total. The van der Waals surface area contributed by atoms with E-state index in [0.717, 1.165) is 43.8 Å². The number of amides is 2. The minimum absolute atomic E-state index is 0.00586. The van der Waals surface area contributed by atoms with Gasteiger partial charge in [-0.05, 0) is 28.7 Å². The number of ether oxygens (including phenoxy) is 1. The van der Waals surface area contributed by atoms with E-state index in [1.165, 1.54) is 11.1 Å². The predicted molar refractivity (Wildman–Crippen MR) is 144 cm³/mol. The minimum Gasteiger partial charge on any atom is -0.485 e. The Balaban J connectivity index is 1.42. The number of piperidine rings is 1. The van der Waals surface area contributed by atoms with Gasteiger partial charge in [-0.1, -0.05) is 57.2 Å². The Morgan fingerprint density at radius 2 is 1.56 bits per heavy atom. The molecule has 2 aromatic carbocycles. The molecule has 4 rings (SSSR count). The van der Waals surface area contributed by atoms with Gasteiger partial charge in [-0.2, -0.15) is 0 Å². The Morgan fingerprint density at radius 3 is 2.19 bits per heavy atom. The lowest BCUT2D eigenvalue weighted by molar-refractivity contribution is -0.138. The molecule has 0 atom stereocenters. The molecular formula is C30H41N3O3. The molecule has 36 heavy (non-hydrogen) atoms. The molecule has 0 aliphatic carbocycles. The lowest BCUT2D eigenvalue weighted by atomic mass is 9.86. The van der Waals surface area contributed by atoms with Crippen molar-refractivity contribution in [2.45, 2.75) is 70.4 Å². The number of nitrogens with zero attached hydrogens (tertiary/aromatic N) is 3. The number of fused-ring (bicyclic) bond motifs is 1. The van der Waals surface area contributed by atoms with Gasteiger partial charge in [0.2, 0.25) is 11.8 Å². The topological polar surface area (TPSA) is 53.1 Å². The maximum absolute atomic E-state index is 12.7. The zero-order chi connectivity index (χ0) is 25.9. The zero-order valence-corrected chi connectivity index (χ0v) is 22.5. The highest BCUT2D eigenvalue weighted by Gasteiger charge is 2.40. The molecule has 0 radical (unpaired) electrons. The van der Waals surface area contributed by atoms with Gasteiger partial charge in [0.1, 0.15) is 11.4 Å². The second-order valence-electron chi connectivity index (χ2n) is 11.5. The van der Waals surface area contributed by atoms with Crippen molar-refractivity contribution < 1.29 is 14.3 Å². The van der Waals surface area contributed by atoms with Gasteiger partial charge in [0.25, 0.3) is 0 Å². The van der Waals surface area contributed by atoms with E-state index in [0.29, 0.717) is 13.1 Å². The minimum atomic E-state index is -0.267. The molecule has 1 fully saturated rings. The van der Waals surface area contributed by atoms with Crippen LogP contribution in [0, 0.1) is 0 Å². The van der Waals surface area contributed by atoms with Gasteiger partial charge in [0.05, 0.1) is 5.69 Å². The predicted octanol–water partition coefficient (Wildman–Crippen LogP) is 5.00. The average Bonchev–Trinajstić information content (AvgIpc) is 2.99. The molecule has 0 bridgehead atoms. The lowest BCUT2D eigenvalue weighted by Gasteiger charge is -2.41. The summed E-state index contributed by atoms with van der Waals surface area (Å²) >= 11 is 0. The summed E-state index contributed by atoms with van der Waals surface area (Å²) in [6.45, 7) is 9.82. The first-order valence-electron chi connectivity index (χ1n) is 13.2. The first kappa shape index (κ1) is 26.1. The number of para-hydroxylation sites is 2. The van der Waals surface area contributed by atoms with Crippen LogP contribution in [0.3, 0.4) is 0 Å². The van der Waals surface area contributed by atoms with Gasteiger partial charge < -0.3 is 19.4 Å². The van der Waals surface area contributed by atoms with Crippen LogP contribution in [0.4, 0.5) is 5.69 Å². The van der Waals surface area contributed by atoms with E-state index >= 15 is 0 Å². The highest BCUT2D eigenvalue weighted by atomic mass is 16.5. The maximum Gasteiger partial charge on any atom is 0.223 e. The van der Waals surface area contributed by atoms with Crippen LogP contribution in [-0.2, 0) is 21.5 Å². The van der Waals surface area contributed by atoms with Crippen LogP contribution < -0.4 is 9.64 Å². The Morgan fingerprint density at radius 1 is 0.917 bits per heavy atom. The molecular weight excluding hydrogens is 450 g/mol. The summed E-state index contributed by atoms with van der Waals surface area (Å²) < 4.78 is 6.73. The summed E-state index contributed by atoms with van der Waals surface area (Å²) in [6, 6.07) is 17.3. The van der Waals surface area contributed by atoms with Crippen LogP contribution in [0.1, 0.15) is 64.0 Å². The van der Waals surface area contributed by atoms with Gasteiger partial charge in [-0.25, -0.2) is 0 Å². The molecule has 2 aliphatic heterocycles. The van der Waals surface area contributed by atoms with Crippen LogP contribution in [0.5, 0.6) is 5.75 Å². The normalized spacial score (nSPS) is 17.2. The first-order valence-corrected chi connectivity index (χ1v) is 13.2. The molecule has 1 spiro atoms. The van der Waals surface area contributed by atoms with Crippen molar-refractivity contribution in [2.75, 3.05) is 38.6 Å². The summed E-state index contributed by atoms with van der Waals surface area (Å²) in [5, 5.41) is 0. The highest BCUT2D eigenvalue weighted by molar-refractivity contribution is 5.83. The summed E-state index contributed by atoms with van der Waals surface area (Å²) in [6.07, 6.45) is 3.08. The number of benzene rings is 2. The van der Waals surface area contributed by atoms with Gasteiger partial charge in [0, 0.05) is 72.4 Å². The Bertz CT molecular complexity index is 1060. The Hall–Kier alpha value is -3.02. The third-order valence-corrected chi connectivity index (χ3v) is 7.64. The third kappa shape index (κ3) is 6.03. The molecule has 1 saturated heterocycles. The van der Waals surface area contributed by atoms with E-state index in [9.17, 15) is 9.59 Å². The highest BCUT2D eigenvalue weighted by Crippen LogP contribution is 2.41. The van der Waals surface area contributed by atoms with Crippen LogP contribution >= 0.6 is 0 Å². The van der Waals surface area contributed by atoms with Crippen molar-refractivity contribution in [3.63, 3.8) is 0 Å². The van der Waals surface area contributed by atoms with Crippen LogP contribution in [0.25, 0.3) is 0 Å². The summed E-state index contributed by atoms with van der Waals surface area (Å²) in [7, 11) is 3.45. The fourth-order valence-electron chi connectivity index (χ4n) is 5.15. The average molecular weight is 492 g/mol. The monoisotopic (exact) mass is 491 g/mol. The van der Waals surface area contributed by atoms with Crippen molar-refractivity contribution in [1.82, 2.24) is 9.80 Å². The Kier molecular flexibility index (Phi) is 7.62. The number of likely N-dealkylation sites (tertiary alicyclic amines) is 1. The van der Waals surface area contributed by atoms with Crippen LogP contribution in [-0.4, -0.2) is 60.9 Å². The van der Waals surface area contributed by atoms with E-state index in [1.54, 1.807) is 19.0 Å². The molecule has 2 aliphatic rings. The molecule has 2 aromatic rings. The SMILES string of the molecule is CN(C)C(=O)CCC(=O)N1CCC2(CC1)CCN(Cc1ccc(C(C)(C)C)cc1)c1ccccc1O2. The molecule has 2 amide bonds. The molecule has 6 heteroatoms. The summed E-state index contributed by atoms with van der Waals surface area (Å²) in [5.74, 6) is 0.987.